The number of rotatable bonds is 2. The second kappa shape index (κ2) is 6.31. The van der Waals surface area contributed by atoms with E-state index in [1.165, 1.54) is 0 Å². The van der Waals surface area contributed by atoms with Crippen LogP contribution in [0.15, 0.2) is 0 Å². The molecular weight excluding hydrogens is 270 g/mol. The molecule has 2 fully saturated rings. The zero-order valence-electron chi connectivity index (χ0n) is 10.0. The molecule has 2 N–H and O–H groups in total. The predicted octanol–water partition coefficient (Wildman–Crippen LogP) is 1.40. The topological polar surface area (TPSA) is 66.4 Å². The van der Waals surface area contributed by atoms with Crippen molar-refractivity contribution in [2.45, 2.75) is 19.0 Å². The summed E-state index contributed by atoms with van der Waals surface area (Å²) in [7, 11) is 0. The maximum Gasteiger partial charge on any atom is 0.490 e. The van der Waals surface area contributed by atoms with Crippen LogP contribution in [0.1, 0.15) is 12.8 Å². The highest BCUT2D eigenvalue weighted by Crippen LogP contribution is 2.38. The minimum atomic E-state index is -5.08. The van der Waals surface area contributed by atoms with Crippen LogP contribution in [0.25, 0.3) is 0 Å². The zero-order chi connectivity index (χ0) is 14.6. The molecule has 1 saturated carbocycles. The first-order valence-electron chi connectivity index (χ1n) is 5.85. The van der Waals surface area contributed by atoms with E-state index in [4.69, 9.17) is 9.90 Å². The molecule has 0 amide bonds. The summed E-state index contributed by atoms with van der Waals surface area (Å²) in [6.07, 6.45) is -3.25. The molecule has 110 valence electrons. The van der Waals surface area contributed by atoms with Crippen LogP contribution in [0.5, 0.6) is 0 Å². The molecule has 0 aromatic heterocycles. The standard InChI is InChI=1S/C9H14FNO.C2HF3O2/c10-3-9(12)6-1-7-4-11-5-8(7)2-6;3-2(4,5)1(6)7/h6-8,11H,1-5H2;(H,6,7). The molecule has 19 heavy (non-hydrogen) atoms. The van der Waals surface area contributed by atoms with Gasteiger partial charge in [0.05, 0.1) is 0 Å². The summed E-state index contributed by atoms with van der Waals surface area (Å²) in [5.41, 5.74) is 0. The summed E-state index contributed by atoms with van der Waals surface area (Å²) in [6.45, 7) is 1.29. The minimum absolute atomic E-state index is 0.0344. The first-order valence-corrected chi connectivity index (χ1v) is 5.85. The van der Waals surface area contributed by atoms with Gasteiger partial charge in [-0.1, -0.05) is 0 Å². The minimum Gasteiger partial charge on any atom is -0.475 e. The molecule has 4 nitrogen and oxygen atoms in total. The molecular formula is C11H15F4NO3. The van der Waals surface area contributed by atoms with Gasteiger partial charge in [-0.3, -0.25) is 4.79 Å². The van der Waals surface area contributed by atoms with Gasteiger partial charge < -0.3 is 10.4 Å². The third-order valence-corrected chi connectivity index (χ3v) is 3.48. The number of alkyl halides is 4. The number of ketones is 1. The van der Waals surface area contributed by atoms with Gasteiger partial charge in [-0.15, -0.1) is 0 Å². The molecule has 1 heterocycles. The lowest BCUT2D eigenvalue weighted by Crippen LogP contribution is -2.21. The van der Waals surface area contributed by atoms with Crippen molar-refractivity contribution in [1.82, 2.24) is 5.32 Å². The van der Waals surface area contributed by atoms with Gasteiger partial charge in [0.25, 0.3) is 0 Å². The SMILES string of the molecule is O=C(CF)C1CC2CNCC2C1.O=C(O)C(F)(F)F. The molecule has 8 heteroatoms. The number of hydrogen-bond donors (Lipinski definition) is 2. The van der Waals surface area contributed by atoms with Crippen molar-refractivity contribution in [2.24, 2.45) is 17.8 Å². The molecule has 2 atom stereocenters. The molecule has 1 aliphatic heterocycles. The van der Waals surface area contributed by atoms with Crippen molar-refractivity contribution < 1.29 is 32.3 Å². The van der Waals surface area contributed by atoms with Gasteiger partial charge >= 0.3 is 12.1 Å². The Morgan fingerprint density at radius 3 is 1.89 bits per heavy atom. The van der Waals surface area contributed by atoms with Gasteiger partial charge in [0.2, 0.25) is 0 Å². The van der Waals surface area contributed by atoms with E-state index in [2.05, 4.69) is 5.32 Å². The molecule has 2 unspecified atom stereocenters. The van der Waals surface area contributed by atoms with E-state index in [-0.39, 0.29) is 11.7 Å². The fraction of sp³-hybridized carbons (Fsp3) is 0.818. The van der Waals surface area contributed by atoms with Crippen molar-refractivity contribution in [3.05, 3.63) is 0 Å². The molecule has 1 aliphatic carbocycles. The second-order valence-electron chi connectivity index (χ2n) is 4.75. The number of nitrogens with one attached hydrogen (secondary N) is 1. The maximum absolute atomic E-state index is 12.0. The van der Waals surface area contributed by atoms with Gasteiger partial charge in [-0.05, 0) is 37.8 Å². The molecule has 1 saturated heterocycles. The van der Waals surface area contributed by atoms with Gasteiger partial charge in [0.15, 0.2) is 5.78 Å². The van der Waals surface area contributed by atoms with Crippen molar-refractivity contribution in [3.63, 3.8) is 0 Å². The number of carbonyl (C=O) groups is 2. The van der Waals surface area contributed by atoms with E-state index in [1.54, 1.807) is 0 Å². The summed E-state index contributed by atoms with van der Waals surface area (Å²) in [6, 6.07) is 0. The molecule has 2 rings (SSSR count). The number of hydrogen-bond acceptors (Lipinski definition) is 3. The Hall–Kier alpha value is -1.18. The van der Waals surface area contributed by atoms with E-state index in [9.17, 15) is 22.4 Å². The van der Waals surface area contributed by atoms with Crippen LogP contribution in [-0.4, -0.2) is 42.8 Å². The zero-order valence-corrected chi connectivity index (χ0v) is 10.0. The van der Waals surface area contributed by atoms with Crippen LogP contribution in [0.4, 0.5) is 17.6 Å². The third kappa shape index (κ3) is 4.45. The summed E-state index contributed by atoms with van der Waals surface area (Å²) < 4.78 is 43.8. The highest BCUT2D eigenvalue weighted by atomic mass is 19.4. The Morgan fingerprint density at radius 1 is 1.16 bits per heavy atom. The number of aliphatic carboxylic acids is 1. The number of carboxylic acids is 1. The first kappa shape index (κ1) is 15.9. The fourth-order valence-electron chi connectivity index (χ4n) is 2.54. The number of halogens is 4. The van der Waals surface area contributed by atoms with Crippen molar-refractivity contribution >= 4 is 11.8 Å². The molecule has 0 radical (unpaired) electrons. The van der Waals surface area contributed by atoms with Gasteiger partial charge in [-0.2, -0.15) is 13.2 Å². The lowest BCUT2D eigenvalue weighted by atomic mass is 10.0. The van der Waals surface area contributed by atoms with Crippen molar-refractivity contribution in [2.75, 3.05) is 19.8 Å². The molecule has 0 aromatic carbocycles. The van der Waals surface area contributed by atoms with Crippen LogP contribution in [0.2, 0.25) is 0 Å². The normalized spacial score (nSPS) is 29.4. The highest BCUT2D eigenvalue weighted by molar-refractivity contribution is 5.82. The Bertz CT molecular complexity index is 333. The number of carboxylic acid groups (broad SMARTS) is 1. The van der Waals surface area contributed by atoms with Gasteiger partial charge in [0.1, 0.15) is 6.67 Å². The van der Waals surface area contributed by atoms with E-state index in [1.807, 2.05) is 0 Å². The number of Topliss-reactive ketones (excluding diaryl/α,β-unsaturated/α-hetero) is 1. The lowest BCUT2D eigenvalue weighted by molar-refractivity contribution is -0.192. The Morgan fingerprint density at radius 2 is 1.58 bits per heavy atom. The summed E-state index contributed by atoms with van der Waals surface area (Å²) in [5.74, 6) is -1.61. The monoisotopic (exact) mass is 285 g/mol. The smallest absolute Gasteiger partial charge is 0.475 e. The quantitative estimate of drug-likeness (QED) is 0.753. The van der Waals surface area contributed by atoms with Crippen LogP contribution < -0.4 is 5.32 Å². The first-order chi connectivity index (χ1) is 8.75. The van der Waals surface area contributed by atoms with E-state index in [0.29, 0.717) is 11.8 Å². The summed E-state index contributed by atoms with van der Waals surface area (Å²) in [4.78, 5) is 19.9. The summed E-state index contributed by atoms with van der Waals surface area (Å²) >= 11 is 0. The van der Waals surface area contributed by atoms with Crippen LogP contribution in [0.3, 0.4) is 0 Å². The average Bonchev–Trinajstić information content (AvgIpc) is 2.87. The molecule has 0 aromatic rings. The van der Waals surface area contributed by atoms with Crippen LogP contribution in [0, 0.1) is 17.8 Å². The largest absolute Gasteiger partial charge is 0.490 e. The van der Waals surface area contributed by atoms with Gasteiger partial charge in [0, 0.05) is 5.92 Å². The Balaban J connectivity index is 0.000000224. The third-order valence-electron chi connectivity index (χ3n) is 3.48. The Labute approximate surface area is 107 Å². The average molecular weight is 285 g/mol. The fourth-order valence-corrected chi connectivity index (χ4v) is 2.54. The molecule has 0 bridgehead atoms. The lowest BCUT2D eigenvalue weighted by Gasteiger charge is -2.06. The Kier molecular flexibility index (Phi) is 5.28. The van der Waals surface area contributed by atoms with E-state index in [0.717, 1.165) is 25.9 Å². The number of carbonyl (C=O) groups excluding carboxylic acids is 1. The van der Waals surface area contributed by atoms with Crippen LogP contribution >= 0.6 is 0 Å². The van der Waals surface area contributed by atoms with Crippen molar-refractivity contribution in [3.8, 4) is 0 Å². The molecule has 0 spiro atoms. The van der Waals surface area contributed by atoms with Crippen LogP contribution in [-0.2, 0) is 9.59 Å². The number of fused-ring (bicyclic) bond motifs is 1. The highest BCUT2D eigenvalue weighted by Gasteiger charge is 2.40. The second-order valence-corrected chi connectivity index (χ2v) is 4.75. The van der Waals surface area contributed by atoms with E-state index < -0.39 is 18.8 Å². The van der Waals surface area contributed by atoms with Gasteiger partial charge in [-0.25, -0.2) is 9.18 Å². The maximum atomic E-state index is 12.0. The molecule has 2 aliphatic rings. The van der Waals surface area contributed by atoms with E-state index >= 15 is 0 Å². The predicted molar refractivity (Wildman–Crippen MR) is 57.2 cm³/mol. The van der Waals surface area contributed by atoms with Crippen molar-refractivity contribution in [1.29, 1.82) is 0 Å². The summed E-state index contributed by atoms with van der Waals surface area (Å²) in [5, 5.41) is 10.4.